The lowest BCUT2D eigenvalue weighted by atomic mass is 9.92. The molecule has 288 valence electrons. The number of aromatic nitrogens is 3. The maximum absolute atomic E-state index is 13.9. The van der Waals surface area contributed by atoms with Crippen LogP contribution in [0.15, 0.2) is 54.1 Å². The molecule has 0 spiro atoms. The maximum atomic E-state index is 13.9. The number of anilines is 5. The number of thiophene rings is 1. The first-order valence-electron chi connectivity index (χ1n) is 19.3. The second-order valence-corrected chi connectivity index (χ2v) is 16.0. The van der Waals surface area contributed by atoms with Crippen molar-refractivity contribution in [2.75, 3.05) is 59.8 Å². The molecule has 3 aliphatic heterocycles. The number of aryl methyl sites for hydroxylation is 2. The van der Waals surface area contributed by atoms with Gasteiger partial charge in [-0.25, -0.2) is 9.97 Å². The smallest absolute Gasteiger partial charge is 0.293 e. The number of nitrogens with one attached hydrogen (secondary N) is 2. The quantitative estimate of drug-likeness (QED) is 0.199. The highest BCUT2D eigenvalue weighted by atomic mass is 32.1. The molecule has 3 aromatic heterocycles. The number of benzene rings is 1. The minimum absolute atomic E-state index is 0.0669. The molecule has 0 radical (unpaired) electrons. The van der Waals surface area contributed by atoms with E-state index in [-0.39, 0.29) is 35.8 Å². The van der Waals surface area contributed by atoms with Gasteiger partial charge in [-0.3, -0.25) is 24.2 Å². The zero-order valence-corrected chi connectivity index (χ0v) is 32.3. The number of amides is 2. The predicted octanol–water partition coefficient (Wildman–Crippen LogP) is 5.04. The summed E-state index contributed by atoms with van der Waals surface area (Å²) in [5.74, 6) is 0.0368. The largest absolute Gasteiger partial charge is 0.392 e. The standard InChI is InChI=1S/C41H48N8O5S/c1-4-36(51)44-32-21-26(9-10-34(32)48-18-17-47(22-25(48)2)27-13-19-54-20-14-27)43-38-41(53)46(3)23-33(45-38)28-11-15-42-39(31(28)24-50)49-16-12-30-29-7-5-6-8-35(29)55-37(30)40(49)52/h4,9-11,15,21,23,25,27,50H,1,5-8,12-14,16-20,22,24H2,2-3H3,(H,43,45)(H,44,51)/t25-/m0/s1. The van der Waals surface area contributed by atoms with E-state index in [9.17, 15) is 19.5 Å². The number of carbonyl (C=O) groups excluding carboxylic acids is 2. The molecule has 2 saturated heterocycles. The number of fused-ring (bicyclic) bond motifs is 3. The van der Waals surface area contributed by atoms with Gasteiger partial charge in [0.25, 0.3) is 11.5 Å². The Morgan fingerprint density at radius 2 is 1.91 bits per heavy atom. The molecule has 0 saturated carbocycles. The summed E-state index contributed by atoms with van der Waals surface area (Å²) in [7, 11) is 1.65. The fourth-order valence-electron chi connectivity index (χ4n) is 8.66. The van der Waals surface area contributed by atoms with Crippen molar-refractivity contribution in [3.63, 3.8) is 0 Å². The summed E-state index contributed by atoms with van der Waals surface area (Å²) in [5, 5.41) is 16.9. The lowest BCUT2D eigenvalue weighted by molar-refractivity contribution is -0.111. The fourth-order valence-corrected chi connectivity index (χ4v) is 10.0. The van der Waals surface area contributed by atoms with Gasteiger partial charge in [0.15, 0.2) is 5.82 Å². The zero-order valence-electron chi connectivity index (χ0n) is 31.5. The van der Waals surface area contributed by atoms with Crippen molar-refractivity contribution in [1.29, 1.82) is 0 Å². The zero-order chi connectivity index (χ0) is 38.2. The van der Waals surface area contributed by atoms with Gasteiger partial charge in [0.1, 0.15) is 5.82 Å². The Morgan fingerprint density at radius 3 is 2.69 bits per heavy atom. The van der Waals surface area contributed by atoms with Crippen LogP contribution in [0, 0.1) is 0 Å². The minimum atomic E-state index is -0.376. The van der Waals surface area contributed by atoms with Crippen LogP contribution in [-0.2, 0) is 42.4 Å². The molecule has 2 fully saturated rings. The van der Waals surface area contributed by atoms with Gasteiger partial charge in [-0.2, -0.15) is 0 Å². The highest BCUT2D eigenvalue weighted by molar-refractivity contribution is 7.14. The van der Waals surface area contributed by atoms with E-state index in [1.807, 2.05) is 18.2 Å². The minimum Gasteiger partial charge on any atom is -0.392 e. The summed E-state index contributed by atoms with van der Waals surface area (Å²) in [4.78, 5) is 58.1. The van der Waals surface area contributed by atoms with Gasteiger partial charge in [-0.1, -0.05) is 6.58 Å². The van der Waals surface area contributed by atoms with Crippen molar-refractivity contribution in [2.24, 2.45) is 7.05 Å². The van der Waals surface area contributed by atoms with Crippen LogP contribution in [0.4, 0.5) is 28.7 Å². The predicted molar refractivity (Wildman–Crippen MR) is 216 cm³/mol. The van der Waals surface area contributed by atoms with Crippen molar-refractivity contribution in [3.8, 4) is 11.3 Å². The first-order chi connectivity index (χ1) is 26.7. The van der Waals surface area contributed by atoms with Gasteiger partial charge < -0.3 is 29.9 Å². The lowest BCUT2D eigenvalue weighted by Crippen LogP contribution is -2.56. The summed E-state index contributed by atoms with van der Waals surface area (Å²) < 4.78 is 7.03. The normalized spacial score (nSPS) is 19.2. The van der Waals surface area contributed by atoms with Crippen LogP contribution in [0.1, 0.15) is 63.8 Å². The molecular weight excluding hydrogens is 717 g/mol. The summed E-state index contributed by atoms with van der Waals surface area (Å²) >= 11 is 1.61. The molecule has 8 rings (SSSR count). The van der Waals surface area contributed by atoms with Crippen molar-refractivity contribution >= 4 is 51.8 Å². The first-order valence-corrected chi connectivity index (χ1v) is 20.1. The number of carbonyl (C=O) groups is 2. The van der Waals surface area contributed by atoms with Crippen LogP contribution in [-0.4, -0.2) is 87.8 Å². The number of ether oxygens (including phenoxy) is 1. The molecule has 1 atom stereocenters. The highest BCUT2D eigenvalue weighted by Gasteiger charge is 2.34. The molecule has 2 amide bonds. The van der Waals surface area contributed by atoms with E-state index in [1.54, 1.807) is 41.7 Å². The molecule has 4 aliphatic rings. The Morgan fingerprint density at radius 1 is 1.09 bits per heavy atom. The lowest BCUT2D eigenvalue weighted by Gasteiger charge is -2.45. The average Bonchev–Trinajstić information content (AvgIpc) is 3.59. The monoisotopic (exact) mass is 764 g/mol. The van der Waals surface area contributed by atoms with Gasteiger partial charge >= 0.3 is 0 Å². The first kappa shape index (κ1) is 37.1. The molecule has 6 heterocycles. The second-order valence-electron chi connectivity index (χ2n) is 14.9. The Hall–Kier alpha value is -4.89. The van der Waals surface area contributed by atoms with Crippen molar-refractivity contribution in [2.45, 2.75) is 70.6 Å². The van der Waals surface area contributed by atoms with Crippen LogP contribution in [0.2, 0.25) is 0 Å². The maximum Gasteiger partial charge on any atom is 0.293 e. The number of aliphatic hydroxyl groups is 1. The molecule has 3 N–H and O–H groups in total. The van der Waals surface area contributed by atoms with E-state index in [0.717, 1.165) is 88.4 Å². The molecule has 0 unspecified atom stereocenters. The molecule has 4 aromatic rings. The van der Waals surface area contributed by atoms with E-state index < -0.39 is 0 Å². The van der Waals surface area contributed by atoms with Crippen LogP contribution >= 0.6 is 11.3 Å². The van der Waals surface area contributed by atoms with Gasteiger partial charge in [0.2, 0.25) is 5.91 Å². The Kier molecular flexibility index (Phi) is 10.6. The third kappa shape index (κ3) is 7.19. The van der Waals surface area contributed by atoms with Crippen molar-refractivity contribution in [1.82, 2.24) is 19.4 Å². The number of hydrogen-bond donors (Lipinski definition) is 3. The van der Waals surface area contributed by atoms with Crippen LogP contribution in [0.3, 0.4) is 0 Å². The van der Waals surface area contributed by atoms with Gasteiger partial charge in [0.05, 0.1) is 28.6 Å². The molecule has 14 heteroatoms. The summed E-state index contributed by atoms with van der Waals surface area (Å²) in [6.45, 7) is 10.2. The molecule has 13 nitrogen and oxygen atoms in total. The summed E-state index contributed by atoms with van der Waals surface area (Å²) in [5.41, 5.74) is 5.68. The molecular formula is C41H48N8O5S. The molecule has 1 aromatic carbocycles. The summed E-state index contributed by atoms with van der Waals surface area (Å²) in [6, 6.07) is 8.12. The Balaban J connectivity index is 1.07. The van der Waals surface area contributed by atoms with E-state index in [2.05, 4.69) is 38.9 Å². The van der Waals surface area contributed by atoms with E-state index in [4.69, 9.17) is 9.72 Å². The number of aliphatic hydroxyl groups excluding tert-OH is 1. The average molecular weight is 765 g/mol. The number of piperazine rings is 1. The third-order valence-electron chi connectivity index (χ3n) is 11.5. The van der Waals surface area contributed by atoms with E-state index in [0.29, 0.717) is 46.6 Å². The SMILES string of the molecule is C=CC(=O)Nc1cc(Nc2nc(-c3ccnc(N4CCc5c(sc6c5CCCC6)C4=O)c3CO)cn(C)c2=O)ccc1N1CCN(C2CCOCC2)C[C@@H]1C. The number of hydrogen-bond acceptors (Lipinski definition) is 11. The van der Waals surface area contributed by atoms with Gasteiger partial charge in [-0.05, 0) is 93.3 Å². The molecule has 0 bridgehead atoms. The molecule has 55 heavy (non-hydrogen) atoms. The molecule has 1 aliphatic carbocycles. The Labute approximate surface area is 324 Å². The number of nitrogens with zero attached hydrogens (tertiary/aromatic N) is 6. The van der Waals surface area contributed by atoms with Crippen molar-refractivity contribution in [3.05, 3.63) is 86.1 Å². The second kappa shape index (κ2) is 15.7. The van der Waals surface area contributed by atoms with Gasteiger partial charge in [0, 0.05) is 92.6 Å². The number of pyridine rings is 1. The Bertz CT molecular complexity index is 2190. The van der Waals surface area contributed by atoms with Crippen LogP contribution in [0.5, 0.6) is 0 Å². The topological polar surface area (TPSA) is 145 Å². The van der Waals surface area contributed by atoms with E-state index >= 15 is 0 Å². The van der Waals surface area contributed by atoms with Crippen LogP contribution in [0.25, 0.3) is 11.3 Å². The highest BCUT2D eigenvalue weighted by Crippen LogP contribution is 2.40. The van der Waals surface area contributed by atoms with Crippen LogP contribution < -0.4 is 26.0 Å². The third-order valence-corrected chi connectivity index (χ3v) is 12.8. The fraction of sp³-hybridized carbons (Fsp3) is 0.439. The number of rotatable bonds is 9. The van der Waals surface area contributed by atoms with Gasteiger partial charge in [-0.15, -0.1) is 11.3 Å². The summed E-state index contributed by atoms with van der Waals surface area (Å²) in [6.07, 6.45) is 11.7. The van der Waals surface area contributed by atoms with Crippen molar-refractivity contribution < 1.29 is 19.4 Å². The van der Waals surface area contributed by atoms with E-state index in [1.165, 1.54) is 26.6 Å².